The molecule has 2 fully saturated rings. The number of amides is 6. The van der Waals surface area contributed by atoms with E-state index >= 15 is 0 Å². The summed E-state index contributed by atoms with van der Waals surface area (Å²) in [4.78, 5) is 69.7. The molecule has 2 aliphatic rings. The third-order valence-corrected chi connectivity index (χ3v) is 2.65. The number of imide groups is 2. The van der Waals surface area contributed by atoms with Crippen molar-refractivity contribution in [2.75, 3.05) is 26.2 Å². The van der Waals surface area contributed by atoms with Crippen LogP contribution in [-0.2, 0) is 28.8 Å². The van der Waals surface area contributed by atoms with E-state index in [0.717, 1.165) is 9.80 Å². The molecule has 106 valence electrons. The lowest BCUT2D eigenvalue weighted by atomic mass is 10.3. The smallest absolute Gasteiger partial charge is 0.313 e. The molecule has 6 amide bonds. The minimum Gasteiger partial charge on any atom is -0.316 e. The standard InChI is InChI=1S/C10H10N4O6/c15-5-1-13(2-6(16)11-5)9(19)10(20)14-3-7(17)12-8(18)4-14/h1-4H2,(H,11,15,16)(H,12,17,18). The molecule has 2 saturated heterocycles. The van der Waals surface area contributed by atoms with Gasteiger partial charge in [0, 0.05) is 0 Å². The first-order chi connectivity index (χ1) is 9.36. The van der Waals surface area contributed by atoms with Gasteiger partial charge in [0.25, 0.3) is 0 Å². The summed E-state index contributed by atoms with van der Waals surface area (Å²) in [5, 5.41) is 3.96. The first-order valence-corrected chi connectivity index (χ1v) is 5.60. The van der Waals surface area contributed by atoms with E-state index < -0.39 is 61.6 Å². The van der Waals surface area contributed by atoms with Crippen molar-refractivity contribution in [3.63, 3.8) is 0 Å². The molecule has 10 nitrogen and oxygen atoms in total. The maximum atomic E-state index is 11.9. The molecule has 2 rings (SSSR count). The summed E-state index contributed by atoms with van der Waals surface area (Å²) in [6, 6.07) is 0. The zero-order valence-electron chi connectivity index (χ0n) is 10.2. The summed E-state index contributed by atoms with van der Waals surface area (Å²) < 4.78 is 0. The van der Waals surface area contributed by atoms with Gasteiger partial charge in [-0.3, -0.25) is 39.4 Å². The largest absolute Gasteiger partial charge is 0.316 e. The molecule has 0 unspecified atom stereocenters. The average molecular weight is 282 g/mol. The Labute approximate surface area is 112 Å². The fourth-order valence-electron chi connectivity index (χ4n) is 1.83. The SMILES string of the molecule is O=C1CN(C(=O)C(=O)N2CC(=O)NC(=O)C2)CC(=O)N1. The Bertz CT molecular complexity index is 462. The maximum absolute atomic E-state index is 11.9. The number of carbonyl (C=O) groups is 6. The van der Waals surface area contributed by atoms with Gasteiger partial charge in [-0.05, 0) is 0 Å². The predicted molar refractivity (Wildman–Crippen MR) is 59.5 cm³/mol. The van der Waals surface area contributed by atoms with E-state index in [4.69, 9.17) is 0 Å². The van der Waals surface area contributed by atoms with Gasteiger partial charge in [0.15, 0.2) is 0 Å². The second kappa shape index (κ2) is 5.07. The number of hydrogen-bond acceptors (Lipinski definition) is 6. The van der Waals surface area contributed by atoms with Crippen LogP contribution in [0.5, 0.6) is 0 Å². The minimum atomic E-state index is -1.10. The molecule has 0 bridgehead atoms. The van der Waals surface area contributed by atoms with E-state index in [0.29, 0.717) is 0 Å². The first kappa shape index (κ1) is 13.6. The van der Waals surface area contributed by atoms with Crippen molar-refractivity contribution in [2.45, 2.75) is 0 Å². The third kappa shape index (κ3) is 2.79. The number of hydrogen-bond donors (Lipinski definition) is 2. The summed E-state index contributed by atoms with van der Waals surface area (Å²) in [6.45, 7) is -1.71. The van der Waals surface area contributed by atoms with Gasteiger partial charge in [-0.1, -0.05) is 0 Å². The van der Waals surface area contributed by atoms with Gasteiger partial charge < -0.3 is 9.80 Å². The average Bonchev–Trinajstić information content (AvgIpc) is 2.34. The van der Waals surface area contributed by atoms with Gasteiger partial charge >= 0.3 is 11.8 Å². The highest BCUT2D eigenvalue weighted by Gasteiger charge is 2.35. The van der Waals surface area contributed by atoms with Gasteiger partial charge in [-0.25, -0.2) is 0 Å². The molecule has 0 aliphatic carbocycles. The Morgan fingerprint density at radius 1 is 0.650 bits per heavy atom. The van der Waals surface area contributed by atoms with Crippen molar-refractivity contribution in [3.05, 3.63) is 0 Å². The summed E-state index contributed by atoms with van der Waals surface area (Å²) in [5.41, 5.74) is 0. The fourth-order valence-corrected chi connectivity index (χ4v) is 1.83. The van der Waals surface area contributed by atoms with Crippen molar-refractivity contribution < 1.29 is 28.8 Å². The number of carbonyl (C=O) groups excluding carboxylic acids is 6. The molecule has 2 heterocycles. The molecule has 0 aromatic rings. The van der Waals surface area contributed by atoms with Gasteiger partial charge in [-0.2, -0.15) is 0 Å². The van der Waals surface area contributed by atoms with Gasteiger partial charge in [0.1, 0.15) is 26.2 Å². The topological polar surface area (TPSA) is 133 Å². The Kier molecular flexibility index (Phi) is 3.46. The zero-order chi connectivity index (χ0) is 14.9. The lowest BCUT2D eigenvalue weighted by Crippen LogP contribution is -2.60. The second-order valence-electron chi connectivity index (χ2n) is 4.27. The van der Waals surface area contributed by atoms with Crippen LogP contribution in [0.25, 0.3) is 0 Å². The molecule has 0 radical (unpaired) electrons. The molecule has 2 N–H and O–H groups in total. The van der Waals surface area contributed by atoms with Crippen molar-refractivity contribution in [3.8, 4) is 0 Å². The number of rotatable bonds is 0. The molecule has 0 spiro atoms. The van der Waals surface area contributed by atoms with Crippen LogP contribution in [0.2, 0.25) is 0 Å². The summed E-state index contributed by atoms with van der Waals surface area (Å²) in [5.74, 6) is -5.00. The van der Waals surface area contributed by atoms with E-state index in [1.165, 1.54) is 0 Å². The molecular weight excluding hydrogens is 272 g/mol. The fraction of sp³-hybridized carbons (Fsp3) is 0.400. The van der Waals surface area contributed by atoms with E-state index in [1.54, 1.807) is 0 Å². The molecule has 0 aromatic heterocycles. The zero-order valence-corrected chi connectivity index (χ0v) is 10.2. The summed E-state index contributed by atoms with van der Waals surface area (Å²) >= 11 is 0. The minimum absolute atomic E-state index is 0.426. The number of piperazine rings is 2. The summed E-state index contributed by atoms with van der Waals surface area (Å²) in [6.07, 6.45) is 0. The van der Waals surface area contributed by atoms with Crippen molar-refractivity contribution in [2.24, 2.45) is 0 Å². The normalized spacial score (nSPS) is 19.6. The lowest BCUT2D eigenvalue weighted by Gasteiger charge is -2.29. The highest BCUT2D eigenvalue weighted by Crippen LogP contribution is 2.02. The lowest BCUT2D eigenvalue weighted by molar-refractivity contribution is -0.158. The maximum Gasteiger partial charge on any atom is 0.313 e. The van der Waals surface area contributed by atoms with Crippen LogP contribution in [0.4, 0.5) is 0 Å². The molecule has 0 aromatic carbocycles. The Morgan fingerprint density at radius 2 is 0.900 bits per heavy atom. The monoisotopic (exact) mass is 282 g/mol. The van der Waals surface area contributed by atoms with Gasteiger partial charge in [-0.15, -0.1) is 0 Å². The molecule has 20 heavy (non-hydrogen) atoms. The van der Waals surface area contributed by atoms with Gasteiger partial charge in [0.05, 0.1) is 0 Å². The number of nitrogens with zero attached hydrogens (tertiary/aromatic N) is 2. The van der Waals surface area contributed by atoms with Gasteiger partial charge in [0.2, 0.25) is 23.6 Å². The molecular formula is C10H10N4O6. The highest BCUT2D eigenvalue weighted by atomic mass is 16.2. The van der Waals surface area contributed by atoms with E-state index in [9.17, 15) is 28.8 Å². The van der Waals surface area contributed by atoms with E-state index in [1.807, 2.05) is 10.6 Å². The second-order valence-corrected chi connectivity index (χ2v) is 4.27. The van der Waals surface area contributed by atoms with Crippen molar-refractivity contribution >= 4 is 35.4 Å². The molecule has 0 saturated carbocycles. The highest BCUT2D eigenvalue weighted by molar-refractivity contribution is 6.36. The molecule has 0 atom stereocenters. The predicted octanol–water partition coefficient (Wildman–Crippen LogP) is -4.04. The molecule has 10 heteroatoms. The van der Waals surface area contributed by atoms with Crippen LogP contribution in [0.1, 0.15) is 0 Å². The number of nitrogens with one attached hydrogen (secondary N) is 2. The van der Waals surface area contributed by atoms with Crippen molar-refractivity contribution in [1.82, 2.24) is 20.4 Å². The Morgan fingerprint density at radius 3 is 1.15 bits per heavy atom. The first-order valence-electron chi connectivity index (χ1n) is 5.60. The summed E-state index contributed by atoms with van der Waals surface area (Å²) in [7, 11) is 0. The van der Waals surface area contributed by atoms with E-state index in [-0.39, 0.29) is 0 Å². The van der Waals surface area contributed by atoms with E-state index in [2.05, 4.69) is 0 Å². The Balaban J connectivity index is 2.06. The van der Waals surface area contributed by atoms with Crippen LogP contribution in [0.3, 0.4) is 0 Å². The third-order valence-electron chi connectivity index (χ3n) is 2.65. The van der Waals surface area contributed by atoms with Crippen LogP contribution in [0, 0.1) is 0 Å². The van der Waals surface area contributed by atoms with Crippen molar-refractivity contribution in [1.29, 1.82) is 0 Å². The van der Waals surface area contributed by atoms with Crippen LogP contribution < -0.4 is 10.6 Å². The Hall–Kier alpha value is -2.78. The molecule has 2 aliphatic heterocycles. The van der Waals surface area contributed by atoms with Crippen LogP contribution in [-0.4, -0.2) is 71.4 Å². The quantitative estimate of drug-likeness (QED) is 0.343. The van der Waals surface area contributed by atoms with Crippen LogP contribution in [0.15, 0.2) is 0 Å². The van der Waals surface area contributed by atoms with Crippen LogP contribution >= 0.6 is 0 Å².